The van der Waals surface area contributed by atoms with Crippen LogP contribution in [0.2, 0.25) is 10.0 Å². The lowest BCUT2D eigenvalue weighted by Gasteiger charge is -2.35. The fourth-order valence-electron chi connectivity index (χ4n) is 8.57. The number of aliphatic hydroxyl groups excluding tert-OH is 1. The van der Waals surface area contributed by atoms with E-state index in [0.29, 0.717) is 33.7 Å². The molecule has 1 fully saturated rings. The summed E-state index contributed by atoms with van der Waals surface area (Å²) in [5, 5.41) is 17.2. The molecule has 5 atom stereocenters. The third kappa shape index (κ3) is 14.4. The van der Waals surface area contributed by atoms with Crippen LogP contribution >= 0.6 is 23.2 Å². The van der Waals surface area contributed by atoms with E-state index in [2.05, 4.69) is 15.6 Å². The van der Waals surface area contributed by atoms with Crippen LogP contribution in [0.3, 0.4) is 0 Å². The first kappa shape index (κ1) is 54.0. The molecular weight excluding hydrogens is 948 g/mol. The number of amides is 5. The topological polar surface area (TPSA) is 179 Å². The number of ether oxygens (including phenoxy) is 2. The molecule has 0 unspecified atom stereocenters. The number of imidazole rings is 1. The quantitative estimate of drug-likeness (QED) is 0.124. The zero-order chi connectivity index (χ0) is 51.4. The van der Waals surface area contributed by atoms with Gasteiger partial charge in [-0.1, -0.05) is 71.7 Å². The Labute approximate surface area is 425 Å². The van der Waals surface area contributed by atoms with Crippen molar-refractivity contribution in [2.24, 2.45) is 13.0 Å². The lowest BCUT2D eigenvalue weighted by Crippen LogP contribution is -2.57. The van der Waals surface area contributed by atoms with Crippen molar-refractivity contribution in [3.8, 4) is 22.8 Å². The number of nitrogens with one attached hydrogen (secondary N) is 2. The fraction of sp³-hybridized carbons (Fsp3) is 0.396. The van der Waals surface area contributed by atoms with Crippen molar-refractivity contribution in [2.45, 2.75) is 69.9 Å². The van der Waals surface area contributed by atoms with E-state index in [1.54, 1.807) is 56.4 Å². The Bertz CT molecular complexity index is 2610. The van der Waals surface area contributed by atoms with Gasteiger partial charge < -0.3 is 49.4 Å². The lowest BCUT2D eigenvalue weighted by molar-refractivity contribution is -0.147. The minimum absolute atomic E-state index is 0.108. The third-order valence-corrected chi connectivity index (χ3v) is 13.3. The summed E-state index contributed by atoms with van der Waals surface area (Å²) >= 11 is 12.8. The Balaban J connectivity index is 1.37. The molecule has 0 bridgehead atoms. The highest BCUT2D eigenvalue weighted by Gasteiger charge is 2.37. The number of aliphatic hydroxyl groups is 1. The number of methoxy groups -OCH3 is 1. The molecule has 3 N–H and O–H groups in total. The van der Waals surface area contributed by atoms with Gasteiger partial charge in [-0.25, -0.2) is 4.98 Å². The standard InChI is InChI=1S/C53H64Cl2N8O8/c1-34-51(67)58-45(33-70-7)53(69)60(4)42(24-36-13-18-40(54)19-14-36)27-49(65)57-28-43(32-64)61(5)52(68)39(23-35-11-9-8-10-12-35)25-50(66)63(34)30-38-15-20-41(55)26-47(38)71-44-21-16-37(17-22-44)46-29-56-48(62(46)6)31-59(2)3/h8-22,26,29,34,39,42-43,45,64H,23-25,27-28,30-33H2,1-7H3,(H,57,65)(H,58,67)/t34-,39+,42-,43+,45-/m0/s1. The minimum Gasteiger partial charge on any atom is -0.457 e. The maximum absolute atomic E-state index is 15.1. The highest BCUT2D eigenvalue weighted by molar-refractivity contribution is 6.31. The van der Waals surface area contributed by atoms with Gasteiger partial charge >= 0.3 is 0 Å². The van der Waals surface area contributed by atoms with Gasteiger partial charge in [0.15, 0.2) is 0 Å². The number of nitrogens with zero attached hydrogens (tertiary/aromatic N) is 6. The third-order valence-electron chi connectivity index (χ3n) is 12.8. The predicted octanol–water partition coefficient (Wildman–Crippen LogP) is 5.75. The summed E-state index contributed by atoms with van der Waals surface area (Å²) < 4.78 is 14.0. The number of carbonyl (C=O) groups excluding carboxylic acids is 5. The van der Waals surface area contributed by atoms with Crippen LogP contribution in [0.25, 0.3) is 11.3 Å². The Kier molecular flexibility index (Phi) is 19.2. The molecule has 1 aliphatic rings. The van der Waals surface area contributed by atoms with Crippen LogP contribution in [-0.4, -0.2) is 143 Å². The van der Waals surface area contributed by atoms with Crippen molar-refractivity contribution in [1.29, 1.82) is 0 Å². The van der Waals surface area contributed by atoms with Crippen LogP contribution in [-0.2, 0) is 61.7 Å². The van der Waals surface area contributed by atoms with Crippen LogP contribution in [0.4, 0.5) is 0 Å². The molecule has 5 amide bonds. The monoisotopic (exact) mass is 1010 g/mol. The number of carbonyl (C=O) groups is 5. The second-order valence-corrected chi connectivity index (χ2v) is 19.1. The van der Waals surface area contributed by atoms with Gasteiger partial charge in [-0.2, -0.15) is 0 Å². The first-order valence-corrected chi connectivity index (χ1v) is 24.2. The second kappa shape index (κ2) is 25.2. The van der Waals surface area contributed by atoms with E-state index in [9.17, 15) is 24.3 Å². The molecular formula is C53H64Cl2N8O8. The van der Waals surface area contributed by atoms with Crippen molar-refractivity contribution in [1.82, 2.24) is 39.8 Å². The molecule has 5 aromatic rings. The zero-order valence-corrected chi connectivity index (χ0v) is 42.8. The van der Waals surface area contributed by atoms with Gasteiger partial charge in [0, 0.05) is 74.9 Å². The van der Waals surface area contributed by atoms with E-state index in [-0.39, 0.29) is 45.4 Å². The predicted molar refractivity (Wildman–Crippen MR) is 273 cm³/mol. The molecule has 1 aliphatic heterocycles. The summed E-state index contributed by atoms with van der Waals surface area (Å²) in [5.74, 6) is -1.87. The molecule has 0 spiro atoms. The van der Waals surface area contributed by atoms with Crippen LogP contribution < -0.4 is 15.4 Å². The minimum atomic E-state index is -1.23. The highest BCUT2D eigenvalue weighted by Crippen LogP contribution is 2.32. The van der Waals surface area contributed by atoms with E-state index < -0.39 is 66.2 Å². The molecule has 378 valence electrons. The van der Waals surface area contributed by atoms with Gasteiger partial charge in [0.2, 0.25) is 29.5 Å². The van der Waals surface area contributed by atoms with Gasteiger partial charge in [-0.05, 0) is 93.5 Å². The SMILES string of the molecule is COC[C@@H]1NC(=O)[C@H](C)N(Cc2ccc(Cl)cc2Oc2ccc(-c3cnc(CN(C)C)n3C)cc2)C(=O)C[C@@H](Cc2ccccc2)C(=O)N(C)[C@@H](CO)CNC(=O)C[C@H](Cc2ccc(Cl)cc2)N(C)C1=O. The van der Waals surface area contributed by atoms with Crippen LogP contribution in [0.5, 0.6) is 11.5 Å². The van der Waals surface area contributed by atoms with Crippen molar-refractivity contribution in [3.63, 3.8) is 0 Å². The summed E-state index contributed by atoms with van der Waals surface area (Å²) in [4.78, 5) is 83.2. The number of hydrogen-bond donors (Lipinski definition) is 3. The smallest absolute Gasteiger partial charge is 0.247 e. The average Bonchev–Trinajstić information content (AvgIpc) is 3.71. The van der Waals surface area contributed by atoms with Gasteiger partial charge in [-0.15, -0.1) is 0 Å². The average molecular weight is 1010 g/mol. The molecule has 71 heavy (non-hydrogen) atoms. The lowest BCUT2D eigenvalue weighted by atomic mass is 9.93. The molecule has 4 aromatic carbocycles. The molecule has 6 rings (SSSR count). The molecule has 18 heteroatoms. The molecule has 0 aliphatic carbocycles. The van der Waals surface area contributed by atoms with Crippen molar-refractivity contribution in [2.75, 3.05) is 55.1 Å². The Hall–Kier alpha value is -6.30. The molecule has 1 aromatic heterocycles. The zero-order valence-electron chi connectivity index (χ0n) is 41.3. The first-order valence-electron chi connectivity index (χ1n) is 23.5. The summed E-state index contributed by atoms with van der Waals surface area (Å²) in [6.45, 7) is 1.24. The number of halogens is 2. The number of benzene rings is 4. The largest absolute Gasteiger partial charge is 0.457 e. The number of aromatic nitrogens is 2. The van der Waals surface area contributed by atoms with Gasteiger partial charge in [0.05, 0.1) is 50.2 Å². The summed E-state index contributed by atoms with van der Waals surface area (Å²) in [7, 11) is 10.4. The molecule has 16 nitrogen and oxygen atoms in total. The Morgan fingerprint density at radius 1 is 0.803 bits per heavy atom. The van der Waals surface area contributed by atoms with Crippen molar-refractivity contribution < 1.29 is 38.6 Å². The molecule has 0 saturated carbocycles. The Morgan fingerprint density at radius 2 is 1.46 bits per heavy atom. The maximum Gasteiger partial charge on any atom is 0.247 e. The summed E-state index contributed by atoms with van der Waals surface area (Å²) in [5.41, 5.74) is 3.94. The van der Waals surface area contributed by atoms with E-state index in [1.165, 1.54) is 28.9 Å². The summed E-state index contributed by atoms with van der Waals surface area (Å²) in [6, 6.07) is 24.7. The van der Waals surface area contributed by atoms with Gasteiger partial charge in [0.1, 0.15) is 29.4 Å². The number of hydrogen-bond acceptors (Lipinski definition) is 10. The first-order chi connectivity index (χ1) is 34.0. The van der Waals surface area contributed by atoms with E-state index in [1.807, 2.05) is 91.4 Å². The van der Waals surface area contributed by atoms with Crippen molar-refractivity contribution in [3.05, 3.63) is 136 Å². The van der Waals surface area contributed by atoms with Crippen LogP contribution in [0.1, 0.15) is 42.3 Å². The fourth-order valence-corrected chi connectivity index (χ4v) is 8.86. The number of likely N-dealkylation sites (N-methyl/N-ethyl adjacent to an activating group) is 2. The van der Waals surface area contributed by atoms with E-state index >= 15 is 4.79 Å². The number of rotatable bonds is 14. The van der Waals surface area contributed by atoms with Gasteiger partial charge in [-0.3, -0.25) is 24.0 Å². The second-order valence-electron chi connectivity index (χ2n) is 18.3. The normalized spacial score (nSPS) is 20.2. The molecule has 1 saturated heterocycles. The van der Waals surface area contributed by atoms with Crippen LogP contribution in [0.15, 0.2) is 103 Å². The molecule has 0 radical (unpaired) electrons. The Morgan fingerprint density at radius 3 is 2.13 bits per heavy atom. The molecule has 2 heterocycles. The van der Waals surface area contributed by atoms with E-state index in [4.69, 9.17) is 32.7 Å². The van der Waals surface area contributed by atoms with Gasteiger partial charge in [0.25, 0.3) is 0 Å². The van der Waals surface area contributed by atoms with Crippen molar-refractivity contribution >= 4 is 52.7 Å². The van der Waals surface area contributed by atoms with E-state index in [0.717, 1.165) is 28.2 Å². The van der Waals surface area contributed by atoms with Crippen LogP contribution in [0, 0.1) is 5.92 Å². The highest BCUT2D eigenvalue weighted by atomic mass is 35.5. The summed E-state index contributed by atoms with van der Waals surface area (Å²) in [6.07, 6.45) is 1.74. The maximum atomic E-state index is 15.1.